The van der Waals surface area contributed by atoms with Crippen molar-refractivity contribution in [1.82, 2.24) is 0 Å². The lowest BCUT2D eigenvalue weighted by atomic mass is 9.99. The summed E-state index contributed by atoms with van der Waals surface area (Å²) in [6.45, 7) is 7.58. The van der Waals surface area contributed by atoms with Crippen LogP contribution in [0.3, 0.4) is 0 Å². The number of rotatable bonds is 12. The summed E-state index contributed by atoms with van der Waals surface area (Å²) in [5.41, 5.74) is 0. The first kappa shape index (κ1) is 16.7. The van der Waals surface area contributed by atoms with Gasteiger partial charge >= 0.3 is 0 Å². The van der Waals surface area contributed by atoms with Gasteiger partial charge in [0.15, 0.2) is 5.79 Å². The first-order valence-corrected chi connectivity index (χ1v) is 8.22. The average Bonchev–Trinajstić information content (AvgIpc) is 2.88. The minimum Gasteiger partial charge on any atom is -0.348 e. The molecule has 1 saturated heterocycles. The molecule has 19 heavy (non-hydrogen) atoms. The standard InChI is InChI=1S/C17H32O2/c1-3-5-7-9-10-12-14-17(18-15-16-19-17)13-11-8-6-4-2/h3H,1,4-16H2,2H3. The van der Waals surface area contributed by atoms with Crippen LogP contribution in [0, 0.1) is 0 Å². The second-order valence-electron chi connectivity index (χ2n) is 5.66. The van der Waals surface area contributed by atoms with Gasteiger partial charge in [0.1, 0.15) is 0 Å². The van der Waals surface area contributed by atoms with Gasteiger partial charge in [-0.2, -0.15) is 0 Å². The minimum absolute atomic E-state index is 0.230. The number of allylic oxidation sites excluding steroid dienone is 1. The Morgan fingerprint density at radius 1 is 0.895 bits per heavy atom. The molecule has 0 aromatic heterocycles. The van der Waals surface area contributed by atoms with Gasteiger partial charge in [-0.25, -0.2) is 0 Å². The Morgan fingerprint density at radius 3 is 2.05 bits per heavy atom. The van der Waals surface area contributed by atoms with Gasteiger partial charge in [0.2, 0.25) is 0 Å². The van der Waals surface area contributed by atoms with E-state index in [1.165, 1.54) is 51.4 Å². The van der Waals surface area contributed by atoms with E-state index in [-0.39, 0.29) is 5.79 Å². The highest BCUT2D eigenvalue weighted by atomic mass is 16.7. The third kappa shape index (κ3) is 7.12. The molecule has 0 spiro atoms. The molecule has 112 valence electrons. The highest BCUT2D eigenvalue weighted by Crippen LogP contribution is 2.31. The zero-order valence-electron chi connectivity index (χ0n) is 12.8. The van der Waals surface area contributed by atoms with E-state index in [0.717, 1.165) is 32.5 Å². The zero-order valence-corrected chi connectivity index (χ0v) is 12.8. The molecule has 0 unspecified atom stereocenters. The van der Waals surface area contributed by atoms with Gasteiger partial charge in [-0.3, -0.25) is 0 Å². The van der Waals surface area contributed by atoms with Crippen molar-refractivity contribution in [2.45, 2.75) is 83.3 Å². The fourth-order valence-electron chi connectivity index (χ4n) is 2.77. The fourth-order valence-corrected chi connectivity index (χ4v) is 2.77. The molecule has 0 N–H and O–H groups in total. The third-order valence-electron chi connectivity index (χ3n) is 3.94. The summed E-state index contributed by atoms with van der Waals surface area (Å²) >= 11 is 0. The Balaban J connectivity index is 2.14. The largest absolute Gasteiger partial charge is 0.348 e. The molecule has 1 fully saturated rings. The molecule has 0 atom stereocenters. The maximum atomic E-state index is 5.91. The van der Waals surface area contributed by atoms with Crippen molar-refractivity contribution in [3.63, 3.8) is 0 Å². The van der Waals surface area contributed by atoms with Crippen LogP contribution >= 0.6 is 0 Å². The van der Waals surface area contributed by atoms with Crippen LogP contribution < -0.4 is 0 Å². The average molecular weight is 268 g/mol. The van der Waals surface area contributed by atoms with E-state index in [4.69, 9.17) is 9.47 Å². The molecule has 1 aliphatic heterocycles. The molecule has 0 aromatic rings. The zero-order chi connectivity index (χ0) is 13.8. The second kappa shape index (κ2) is 10.4. The Morgan fingerprint density at radius 2 is 1.47 bits per heavy atom. The molecular weight excluding hydrogens is 236 g/mol. The Bertz CT molecular complexity index is 219. The van der Waals surface area contributed by atoms with Crippen LogP contribution in [0.2, 0.25) is 0 Å². The monoisotopic (exact) mass is 268 g/mol. The Kier molecular flexibility index (Phi) is 9.19. The smallest absolute Gasteiger partial charge is 0.168 e. The predicted molar refractivity (Wildman–Crippen MR) is 81.3 cm³/mol. The summed E-state index contributed by atoms with van der Waals surface area (Å²) in [5.74, 6) is -0.230. The summed E-state index contributed by atoms with van der Waals surface area (Å²) < 4.78 is 11.8. The lowest BCUT2D eigenvalue weighted by Crippen LogP contribution is -2.30. The second-order valence-corrected chi connectivity index (χ2v) is 5.66. The number of hydrogen-bond donors (Lipinski definition) is 0. The molecule has 2 nitrogen and oxygen atoms in total. The van der Waals surface area contributed by atoms with Gasteiger partial charge in [0.25, 0.3) is 0 Å². The molecule has 0 saturated carbocycles. The van der Waals surface area contributed by atoms with Gasteiger partial charge in [-0.15, -0.1) is 6.58 Å². The molecule has 0 bridgehead atoms. The quantitative estimate of drug-likeness (QED) is 0.356. The van der Waals surface area contributed by atoms with Crippen LogP contribution in [0.4, 0.5) is 0 Å². The van der Waals surface area contributed by atoms with E-state index in [0.29, 0.717) is 0 Å². The number of ether oxygens (including phenoxy) is 2. The number of hydrogen-bond acceptors (Lipinski definition) is 2. The highest BCUT2D eigenvalue weighted by Gasteiger charge is 2.34. The van der Waals surface area contributed by atoms with E-state index >= 15 is 0 Å². The minimum atomic E-state index is -0.230. The maximum Gasteiger partial charge on any atom is 0.168 e. The van der Waals surface area contributed by atoms with E-state index in [2.05, 4.69) is 13.5 Å². The van der Waals surface area contributed by atoms with Crippen molar-refractivity contribution in [3.05, 3.63) is 12.7 Å². The molecule has 1 heterocycles. The Labute approximate surface area is 119 Å². The van der Waals surface area contributed by atoms with Gasteiger partial charge in [0.05, 0.1) is 13.2 Å². The van der Waals surface area contributed by atoms with Crippen LogP contribution in [0.5, 0.6) is 0 Å². The molecule has 0 aliphatic carbocycles. The molecule has 1 aliphatic rings. The summed E-state index contributed by atoms with van der Waals surface area (Å²) in [4.78, 5) is 0. The maximum absolute atomic E-state index is 5.91. The lowest BCUT2D eigenvalue weighted by Gasteiger charge is -2.27. The van der Waals surface area contributed by atoms with Gasteiger partial charge in [-0.05, 0) is 25.7 Å². The summed E-state index contributed by atoms with van der Waals surface area (Å²) in [6.07, 6.45) is 15.6. The molecule has 1 rings (SSSR count). The van der Waals surface area contributed by atoms with E-state index in [9.17, 15) is 0 Å². The van der Waals surface area contributed by atoms with E-state index in [1.807, 2.05) is 6.08 Å². The van der Waals surface area contributed by atoms with Crippen LogP contribution in [-0.4, -0.2) is 19.0 Å². The van der Waals surface area contributed by atoms with Crippen LogP contribution in [-0.2, 0) is 9.47 Å². The van der Waals surface area contributed by atoms with Gasteiger partial charge < -0.3 is 9.47 Å². The van der Waals surface area contributed by atoms with Crippen LogP contribution in [0.15, 0.2) is 12.7 Å². The first-order valence-electron chi connectivity index (χ1n) is 8.22. The summed E-state index contributed by atoms with van der Waals surface area (Å²) in [5, 5.41) is 0. The fraction of sp³-hybridized carbons (Fsp3) is 0.882. The third-order valence-corrected chi connectivity index (χ3v) is 3.94. The summed E-state index contributed by atoms with van der Waals surface area (Å²) in [7, 11) is 0. The molecule has 0 radical (unpaired) electrons. The van der Waals surface area contributed by atoms with E-state index < -0.39 is 0 Å². The molecule has 0 aromatic carbocycles. The van der Waals surface area contributed by atoms with E-state index in [1.54, 1.807) is 0 Å². The molecule has 2 heteroatoms. The predicted octanol–water partition coefficient (Wildman–Crippen LogP) is 5.23. The van der Waals surface area contributed by atoms with Crippen LogP contribution in [0.25, 0.3) is 0 Å². The van der Waals surface area contributed by atoms with Gasteiger partial charge in [0, 0.05) is 12.8 Å². The lowest BCUT2D eigenvalue weighted by molar-refractivity contribution is -0.168. The van der Waals surface area contributed by atoms with Crippen molar-refractivity contribution >= 4 is 0 Å². The van der Waals surface area contributed by atoms with Crippen molar-refractivity contribution in [2.75, 3.05) is 13.2 Å². The summed E-state index contributed by atoms with van der Waals surface area (Å²) in [6, 6.07) is 0. The molecule has 0 amide bonds. The van der Waals surface area contributed by atoms with Crippen LogP contribution in [0.1, 0.15) is 77.6 Å². The topological polar surface area (TPSA) is 18.5 Å². The SMILES string of the molecule is C=CCCCCCCC1(CCCCCC)OCCO1. The van der Waals surface area contributed by atoms with Crippen molar-refractivity contribution in [1.29, 1.82) is 0 Å². The normalized spacial score (nSPS) is 17.7. The van der Waals surface area contributed by atoms with Crippen molar-refractivity contribution in [2.24, 2.45) is 0 Å². The number of unbranched alkanes of at least 4 members (excludes halogenated alkanes) is 7. The first-order chi connectivity index (χ1) is 9.33. The van der Waals surface area contributed by atoms with Crippen molar-refractivity contribution < 1.29 is 9.47 Å². The van der Waals surface area contributed by atoms with Gasteiger partial charge in [-0.1, -0.05) is 45.1 Å². The van der Waals surface area contributed by atoms with Crippen molar-refractivity contribution in [3.8, 4) is 0 Å². The Hall–Kier alpha value is -0.340. The highest BCUT2D eigenvalue weighted by molar-refractivity contribution is 4.74. The molecular formula is C17H32O2.